The molecule has 0 saturated heterocycles. The molecule has 2 rings (SSSR count). The molecule has 0 radical (unpaired) electrons. The molecule has 1 aromatic rings. The molecule has 1 heterocycles. The lowest BCUT2D eigenvalue weighted by atomic mass is 10.3. The van der Waals surface area contributed by atoms with Crippen molar-refractivity contribution in [3.63, 3.8) is 0 Å². The minimum Gasteiger partial charge on any atom is -0.319 e. The number of nitrogens with one attached hydrogen (secondary N) is 1. The van der Waals surface area contributed by atoms with Crippen molar-refractivity contribution in [3.8, 4) is 0 Å². The summed E-state index contributed by atoms with van der Waals surface area (Å²) in [5.74, 6) is 1.84. The maximum absolute atomic E-state index is 4.07. The summed E-state index contributed by atoms with van der Waals surface area (Å²) < 4.78 is 1.96. The van der Waals surface area contributed by atoms with Gasteiger partial charge in [0.15, 0.2) is 0 Å². The highest BCUT2D eigenvalue weighted by Crippen LogP contribution is 2.31. The molecule has 0 aromatic carbocycles. The van der Waals surface area contributed by atoms with Gasteiger partial charge in [0.05, 0.1) is 6.04 Å². The van der Waals surface area contributed by atoms with Crippen molar-refractivity contribution in [2.75, 3.05) is 0 Å². The molecule has 1 N–H and O–H groups in total. The fourth-order valence-corrected chi connectivity index (χ4v) is 1.63. The first-order valence-corrected chi connectivity index (χ1v) is 4.78. The molecular formula is C9H16N4. The summed E-state index contributed by atoms with van der Waals surface area (Å²) >= 11 is 0. The van der Waals surface area contributed by atoms with Crippen LogP contribution in [-0.2, 0) is 7.05 Å². The molecule has 3 atom stereocenters. The van der Waals surface area contributed by atoms with Gasteiger partial charge in [0.25, 0.3) is 0 Å². The lowest BCUT2D eigenvalue weighted by Crippen LogP contribution is -2.24. The Morgan fingerprint density at radius 2 is 2.38 bits per heavy atom. The summed E-state index contributed by atoms with van der Waals surface area (Å²) in [7, 11) is 1.98. The smallest absolute Gasteiger partial charge is 0.149 e. The van der Waals surface area contributed by atoms with Crippen molar-refractivity contribution >= 4 is 0 Å². The largest absolute Gasteiger partial charge is 0.319 e. The van der Waals surface area contributed by atoms with Gasteiger partial charge in [0.2, 0.25) is 0 Å². The molecule has 0 aliphatic heterocycles. The van der Waals surface area contributed by atoms with Gasteiger partial charge >= 0.3 is 0 Å². The SMILES string of the molecule is CC(N[C@@H]1C[C@H]1C)c1nncn1C. The fraction of sp³-hybridized carbons (Fsp3) is 0.778. The van der Waals surface area contributed by atoms with Crippen molar-refractivity contribution in [2.24, 2.45) is 13.0 Å². The number of aryl methyl sites for hydroxylation is 1. The van der Waals surface area contributed by atoms with Crippen LogP contribution < -0.4 is 5.32 Å². The van der Waals surface area contributed by atoms with E-state index >= 15 is 0 Å². The van der Waals surface area contributed by atoms with Gasteiger partial charge in [-0.05, 0) is 19.3 Å². The van der Waals surface area contributed by atoms with E-state index in [1.165, 1.54) is 6.42 Å². The predicted octanol–water partition coefficient (Wildman–Crippen LogP) is 0.874. The normalized spacial score (nSPS) is 28.8. The first kappa shape index (κ1) is 8.69. The Kier molecular flexibility index (Phi) is 2.07. The summed E-state index contributed by atoms with van der Waals surface area (Å²) in [6, 6.07) is 0.995. The molecule has 1 fully saturated rings. The van der Waals surface area contributed by atoms with Gasteiger partial charge in [-0.2, -0.15) is 0 Å². The number of nitrogens with zero attached hydrogens (tertiary/aromatic N) is 3. The van der Waals surface area contributed by atoms with Crippen LogP contribution in [0.4, 0.5) is 0 Å². The second-order valence-electron chi connectivity index (χ2n) is 4.01. The first-order valence-electron chi connectivity index (χ1n) is 4.78. The molecule has 13 heavy (non-hydrogen) atoms. The van der Waals surface area contributed by atoms with E-state index in [-0.39, 0.29) is 0 Å². The summed E-state index contributed by atoms with van der Waals surface area (Å²) in [5, 5.41) is 11.5. The van der Waals surface area contributed by atoms with E-state index in [0.717, 1.165) is 11.7 Å². The number of rotatable bonds is 3. The Morgan fingerprint density at radius 3 is 2.85 bits per heavy atom. The van der Waals surface area contributed by atoms with Gasteiger partial charge in [0.1, 0.15) is 12.2 Å². The van der Waals surface area contributed by atoms with Crippen molar-refractivity contribution < 1.29 is 0 Å². The minimum absolute atomic E-state index is 0.308. The third-order valence-electron chi connectivity index (χ3n) is 2.71. The van der Waals surface area contributed by atoms with E-state index < -0.39 is 0 Å². The van der Waals surface area contributed by atoms with Crippen LogP contribution in [-0.4, -0.2) is 20.8 Å². The highest BCUT2D eigenvalue weighted by Gasteiger charge is 2.34. The molecule has 1 aromatic heterocycles. The maximum Gasteiger partial charge on any atom is 0.149 e. The molecule has 1 aliphatic carbocycles. The summed E-state index contributed by atoms with van der Waals surface area (Å²) in [6.45, 7) is 4.40. The van der Waals surface area contributed by atoms with Crippen LogP contribution in [0.15, 0.2) is 6.33 Å². The Hall–Kier alpha value is -0.900. The van der Waals surface area contributed by atoms with Crippen molar-refractivity contribution in [2.45, 2.75) is 32.4 Å². The van der Waals surface area contributed by atoms with Gasteiger partial charge in [-0.1, -0.05) is 6.92 Å². The third-order valence-corrected chi connectivity index (χ3v) is 2.71. The van der Waals surface area contributed by atoms with Crippen LogP contribution in [0.1, 0.15) is 32.1 Å². The lowest BCUT2D eigenvalue weighted by Gasteiger charge is -2.11. The minimum atomic E-state index is 0.308. The van der Waals surface area contributed by atoms with E-state index in [1.54, 1.807) is 6.33 Å². The molecular weight excluding hydrogens is 164 g/mol. The van der Waals surface area contributed by atoms with Crippen LogP contribution in [0.3, 0.4) is 0 Å². The monoisotopic (exact) mass is 180 g/mol. The standard InChI is InChI=1S/C9H16N4/c1-6-4-8(6)11-7(2)9-12-10-5-13(9)3/h5-8,11H,4H2,1-3H3/t6-,7?,8-/m1/s1. The van der Waals surface area contributed by atoms with Crippen LogP contribution in [0.2, 0.25) is 0 Å². The van der Waals surface area contributed by atoms with Crippen LogP contribution in [0.5, 0.6) is 0 Å². The van der Waals surface area contributed by atoms with Crippen molar-refractivity contribution in [3.05, 3.63) is 12.2 Å². The van der Waals surface area contributed by atoms with Crippen molar-refractivity contribution in [1.29, 1.82) is 0 Å². The molecule has 0 amide bonds. The van der Waals surface area contributed by atoms with E-state index in [9.17, 15) is 0 Å². The molecule has 0 spiro atoms. The second-order valence-corrected chi connectivity index (χ2v) is 4.01. The number of aromatic nitrogens is 3. The molecule has 0 bridgehead atoms. The topological polar surface area (TPSA) is 42.7 Å². The first-order chi connectivity index (χ1) is 6.18. The Bertz CT molecular complexity index is 294. The van der Waals surface area contributed by atoms with Crippen molar-refractivity contribution in [1.82, 2.24) is 20.1 Å². The number of hydrogen-bond acceptors (Lipinski definition) is 3. The van der Waals surface area contributed by atoms with E-state index in [1.807, 2.05) is 11.6 Å². The van der Waals surface area contributed by atoms with Crippen LogP contribution in [0.25, 0.3) is 0 Å². The summed E-state index contributed by atoms with van der Waals surface area (Å²) in [5.41, 5.74) is 0. The Labute approximate surface area is 78.4 Å². The van der Waals surface area contributed by atoms with Gasteiger partial charge in [-0.25, -0.2) is 0 Å². The second kappa shape index (κ2) is 3.10. The van der Waals surface area contributed by atoms with E-state index in [4.69, 9.17) is 0 Å². The highest BCUT2D eigenvalue weighted by molar-refractivity contribution is 4.98. The van der Waals surface area contributed by atoms with Gasteiger partial charge in [-0.3, -0.25) is 0 Å². The third kappa shape index (κ3) is 1.72. The van der Waals surface area contributed by atoms with Crippen LogP contribution in [0, 0.1) is 5.92 Å². The summed E-state index contributed by atoms with van der Waals surface area (Å²) in [6.07, 6.45) is 3.03. The van der Waals surface area contributed by atoms with Gasteiger partial charge in [-0.15, -0.1) is 10.2 Å². The van der Waals surface area contributed by atoms with E-state index in [0.29, 0.717) is 12.1 Å². The molecule has 1 unspecified atom stereocenters. The van der Waals surface area contributed by atoms with E-state index in [2.05, 4.69) is 29.4 Å². The molecule has 4 nitrogen and oxygen atoms in total. The molecule has 72 valence electrons. The molecule has 1 aliphatic rings. The summed E-state index contributed by atoms with van der Waals surface area (Å²) in [4.78, 5) is 0. The van der Waals surface area contributed by atoms with Gasteiger partial charge in [0, 0.05) is 13.1 Å². The zero-order chi connectivity index (χ0) is 9.42. The predicted molar refractivity (Wildman–Crippen MR) is 50.1 cm³/mol. The molecule has 1 saturated carbocycles. The van der Waals surface area contributed by atoms with Crippen LogP contribution >= 0.6 is 0 Å². The molecule has 4 heteroatoms. The lowest BCUT2D eigenvalue weighted by molar-refractivity contribution is 0.512. The highest BCUT2D eigenvalue weighted by atomic mass is 15.3. The Balaban J connectivity index is 1.97. The zero-order valence-corrected chi connectivity index (χ0v) is 8.36. The average molecular weight is 180 g/mol. The van der Waals surface area contributed by atoms with Gasteiger partial charge < -0.3 is 9.88 Å². The zero-order valence-electron chi connectivity index (χ0n) is 8.36. The average Bonchev–Trinajstić information content (AvgIpc) is 2.62. The number of hydrogen-bond donors (Lipinski definition) is 1. The Morgan fingerprint density at radius 1 is 1.69 bits per heavy atom. The fourth-order valence-electron chi connectivity index (χ4n) is 1.63. The maximum atomic E-state index is 4.07. The quantitative estimate of drug-likeness (QED) is 0.750.